The van der Waals surface area contributed by atoms with Crippen LogP contribution < -0.4 is 0 Å². The van der Waals surface area contributed by atoms with E-state index in [9.17, 15) is 0 Å². The lowest BCUT2D eigenvalue weighted by atomic mass is 10.0. The molecule has 0 saturated heterocycles. The third kappa shape index (κ3) is 2.97. The summed E-state index contributed by atoms with van der Waals surface area (Å²) in [6, 6.07) is 2.72. The lowest BCUT2D eigenvalue weighted by Gasteiger charge is -2.29. The van der Waals surface area contributed by atoms with Gasteiger partial charge in [0.15, 0.2) is 0 Å². The van der Waals surface area contributed by atoms with E-state index in [1.807, 2.05) is 0 Å². The van der Waals surface area contributed by atoms with Crippen LogP contribution in [0.2, 0.25) is 0 Å². The molecule has 0 aromatic rings. The molecule has 3 nitrogen and oxygen atoms in total. The first kappa shape index (κ1) is 11.5. The van der Waals surface area contributed by atoms with Crippen molar-refractivity contribution in [3.63, 3.8) is 0 Å². The Bertz CT molecular complexity index is 216. The van der Waals surface area contributed by atoms with Crippen molar-refractivity contribution in [3.8, 4) is 6.07 Å². The van der Waals surface area contributed by atoms with Crippen molar-refractivity contribution in [2.24, 2.45) is 5.41 Å². The summed E-state index contributed by atoms with van der Waals surface area (Å²) in [4.78, 5) is 2.27. The Morgan fingerprint density at radius 3 is 2.50 bits per heavy atom. The fourth-order valence-electron chi connectivity index (χ4n) is 1.81. The first-order valence-corrected chi connectivity index (χ1v) is 5.35. The van der Waals surface area contributed by atoms with Gasteiger partial charge in [-0.1, -0.05) is 0 Å². The molecule has 0 spiro atoms. The number of aliphatic hydroxyl groups excluding tert-OH is 1. The second-order valence-corrected chi connectivity index (χ2v) is 4.62. The van der Waals surface area contributed by atoms with Crippen LogP contribution in [-0.4, -0.2) is 35.7 Å². The van der Waals surface area contributed by atoms with Crippen molar-refractivity contribution in [3.05, 3.63) is 0 Å². The summed E-state index contributed by atoms with van der Waals surface area (Å²) in [7, 11) is 0. The molecule has 0 heterocycles. The van der Waals surface area contributed by atoms with Gasteiger partial charge in [-0.25, -0.2) is 0 Å². The Morgan fingerprint density at radius 1 is 1.50 bits per heavy atom. The molecule has 0 atom stereocenters. The van der Waals surface area contributed by atoms with Gasteiger partial charge < -0.3 is 5.11 Å². The van der Waals surface area contributed by atoms with Crippen LogP contribution in [0.15, 0.2) is 0 Å². The number of hydrogen-bond donors (Lipinski definition) is 1. The molecular formula is C11H20N2O. The summed E-state index contributed by atoms with van der Waals surface area (Å²) in [5.74, 6) is 0. The maximum atomic E-state index is 8.93. The molecule has 80 valence electrons. The van der Waals surface area contributed by atoms with Crippen LogP contribution >= 0.6 is 0 Å². The van der Waals surface area contributed by atoms with E-state index in [2.05, 4.69) is 24.8 Å². The van der Waals surface area contributed by atoms with E-state index in [1.54, 1.807) is 0 Å². The molecule has 1 fully saturated rings. The Morgan fingerprint density at radius 2 is 2.14 bits per heavy atom. The highest BCUT2D eigenvalue weighted by Gasteiger charge is 2.43. The van der Waals surface area contributed by atoms with Crippen LogP contribution in [0.1, 0.15) is 33.1 Å². The third-order valence-electron chi connectivity index (χ3n) is 3.07. The van der Waals surface area contributed by atoms with Crippen molar-refractivity contribution in [1.82, 2.24) is 4.90 Å². The summed E-state index contributed by atoms with van der Waals surface area (Å²) in [6.45, 7) is 6.18. The number of nitriles is 1. The predicted molar refractivity (Wildman–Crippen MR) is 55.7 cm³/mol. The van der Waals surface area contributed by atoms with Gasteiger partial charge in [-0.05, 0) is 32.1 Å². The monoisotopic (exact) mass is 196 g/mol. The maximum absolute atomic E-state index is 8.93. The van der Waals surface area contributed by atoms with Gasteiger partial charge in [-0.3, -0.25) is 4.90 Å². The van der Waals surface area contributed by atoms with Crippen molar-refractivity contribution in [2.45, 2.75) is 39.2 Å². The Balaban J connectivity index is 2.43. The molecule has 0 aliphatic heterocycles. The molecule has 3 heteroatoms. The van der Waals surface area contributed by atoms with Crippen LogP contribution in [0.25, 0.3) is 0 Å². The Kier molecular flexibility index (Phi) is 3.91. The summed E-state index contributed by atoms with van der Waals surface area (Å²) < 4.78 is 0. The quantitative estimate of drug-likeness (QED) is 0.698. The molecule has 0 aromatic heterocycles. The van der Waals surface area contributed by atoms with Gasteiger partial charge in [0.1, 0.15) is 0 Å². The minimum Gasteiger partial charge on any atom is -0.395 e. The van der Waals surface area contributed by atoms with Crippen LogP contribution in [0.3, 0.4) is 0 Å². The Labute approximate surface area is 86.3 Å². The zero-order valence-electron chi connectivity index (χ0n) is 9.16. The molecule has 1 N–H and O–H groups in total. The van der Waals surface area contributed by atoms with Crippen molar-refractivity contribution in [2.75, 3.05) is 19.7 Å². The second kappa shape index (κ2) is 4.77. The molecular weight excluding hydrogens is 176 g/mol. The first-order valence-electron chi connectivity index (χ1n) is 5.35. The SMILES string of the molecule is CC(C)N(CCO)CC1(CC#N)CC1. The predicted octanol–water partition coefficient (Wildman–Crippen LogP) is 1.38. The summed E-state index contributed by atoms with van der Waals surface area (Å²) in [6.07, 6.45) is 3.02. The van der Waals surface area contributed by atoms with E-state index >= 15 is 0 Å². The molecule has 0 aromatic carbocycles. The van der Waals surface area contributed by atoms with Gasteiger partial charge in [0, 0.05) is 25.6 Å². The van der Waals surface area contributed by atoms with Gasteiger partial charge in [-0.2, -0.15) is 5.26 Å². The van der Waals surface area contributed by atoms with E-state index in [1.165, 1.54) is 12.8 Å². The summed E-state index contributed by atoms with van der Waals surface area (Å²) >= 11 is 0. The van der Waals surface area contributed by atoms with Crippen LogP contribution in [0, 0.1) is 16.7 Å². The highest BCUT2D eigenvalue weighted by atomic mass is 16.3. The van der Waals surface area contributed by atoms with E-state index < -0.39 is 0 Å². The van der Waals surface area contributed by atoms with Crippen molar-refractivity contribution < 1.29 is 5.11 Å². The third-order valence-corrected chi connectivity index (χ3v) is 3.07. The van der Waals surface area contributed by atoms with Crippen LogP contribution in [0.4, 0.5) is 0 Å². The average Bonchev–Trinajstić information content (AvgIpc) is 2.85. The van der Waals surface area contributed by atoms with Crippen LogP contribution in [-0.2, 0) is 0 Å². The lowest BCUT2D eigenvalue weighted by Crippen LogP contribution is -2.38. The fraction of sp³-hybridized carbons (Fsp3) is 0.909. The van der Waals surface area contributed by atoms with Gasteiger partial charge in [-0.15, -0.1) is 0 Å². The highest BCUT2D eigenvalue weighted by molar-refractivity contribution is 5.01. The van der Waals surface area contributed by atoms with E-state index in [-0.39, 0.29) is 12.0 Å². The van der Waals surface area contributed by atoms with Gasteiger partial charge in [0.2, 0.25) is 0 Å². The summed E-state index contributed by atoms with van der Waals surface area (Å²) in [5.41, 5.74) is 0.258. The number of aliphatic hydroxyl groups is 1. The Hall–Kier alpha value is -0.590. The molecule has 0 bridgehead atoms. The maximum Gasteiger partial charge on any atom is 0.0628 e. The van der Waals surface area contributed by atoms with E-state index in [4.69, 9.17) is 10.4 Å². The molecule has 14 heavy (non-hydrogen) atoms. The molecule has 0 radical (unpaired) electrons. The van der Waals surface area contributed by atoms with Gasteiger partial charge >= 0.3 is 0 Å². The molecule has 1 aliphatic rings. The smallest absolute Gasteiger partial charge is 0.0628 e. The molecule has 0 amide bonds. The first-order chi connectivity index (χ1) is 6.63. The fourth-order valence-corrected chi connectivity index (χ4v) is 1.81. The number of nitrogens with zero attached hydrogens (tertiary/aromatic N) is 2. The average molecular weight is 196 g/mol. The zero-order valence-corrected chi connectivity index (χ0v) is 9.16. The van der Waals surface area contributed by atoms with E-state index in [0.717, 1.165) is 13.1 Å². The molecule has 0 unspecified atom stereocenters. The topological polar surface area (TPSA) is 47.3 Å². The highest BCUT2D eigenvalue weighted by Crippen LogP contribution is 2.49. The number of rotatable bonds is 6. The minimum atomic E-state index is 0.209. The standard InChI is InChI=1S/C11H20N2O/c1-10(2)13(7-8-14)9-11(3-4-11)5-6-12/h10,14H,3-5,7-9H2,1-2H3. The lowest BCUT2D eigenvalue weighted by molar-refractivity contribution is 0.139. The van der Waals surface area contributed by atoms with Crippen molar-refractivity contribution >= 4 is 0 Å². The zero-order chi connectivity index (χ0) is 10.6. The number of hydrogen-bond acceptors (Lipinski definition) is 3. The van der Waals surface area contributed by atoms with Crippen molar-refractivity contribution in [1.29, 1.82) is 5.26 Å². The summed E-state index contributed by atoms with van der Waals surface area (Å²) in [5, 5.41) is 17.6. The largest absolute Gasteiger partial charge is 0.395 e. The van der Waals surface area contributed by atoms with Crippen LogP contribution in [0.5, 0.6) is 0 Å². The second-order valence-electron chi connectivity index (χ2n) is 4.62. The molecule has 1 saturated carbocycles. The normalized spacial score (nSPS) is 18.6. The van der Waals surface area contributed by atoms with Gasteiger partial charge in [0.25, 0.3) is 0 Å². The molecule has 1 aliphatic carbocycles. The molecule has 1 rings (SSSR count). The van der Waals surface area contributed by atoms with E-state index in [0.29, 0.717) is 12.5 Å². The minimum absolute atomic E-state index is 0.209. The van der Waals surface area contributed by atoms with Gasteiger partial charge in [0.05, 0.1) is 12.7 Å².